The molecule has 0 aliphatic heterocycles. The first-order valence-electron chi connectivity index (χ1n) is 3.59. The molecule has 0 unspecified atom stereocenters. The van der Waals surface area contributed by atoms with Crippen molar-refractivity contribution in [3.05, 3.63) is 40.3 Å². The maximum atomic E-state index is 9.85. The van der Waals surface area contributed by atoms with Crippen LogP contribution in [0.5, 0.6) is 0 Å². The summed E-state index contributed by atoms with van der Waals surface area (Å²) in [5.74, 6) is 0. The van der Waals surface area contributed by atoms with Gasteiger partial charge in [-0.25, -0.2) is 0 Å². The molecular weight excluding hydrogens is 151 g/mol. The molecule has 0 saturated carbocycles. The molecule has 0 saturated heterocycles. The molecule has 0 heterocycles. The fourth-order valence-corrected chi connectivity index (χ4v) is 0.877. The molecule has 0 fully saturated rings. The molecule has 1 aromatic carbocycles. The predicted octanol–water partition coefficient (Wildman–Crippen LogP) is 0.817. The van der Waals surface area contributed by atoms with Crippen molar-refractivity contribution < 1.29 is 0 Å². The topological polar surface area (TPSA) is 55.4 Å². The van der Waals surface area contributed by atoms with E-state index < -0.39 is 0 Å². The van der Waals surface area contributed by atoms with E-state index in [1.807, 2.05) is 31.2 Å². The zero-order valence-corrected chi connectivity index (χ0v) is 6.82. The van der Waals surface area contributed by atoms with Gasteiger partial charge in [-0.1, -0.05) is 0 Å². The van der Waals surface area contributed by atoms with Crippen LogP contribution in [0.1, 0.15) is 11.1 Å². The molecular formula is C8H9BN2O. The quantitative estimate of drug-likeness (QED) is 0.514. The normalized spacial score (nSPS) is 10.6. The summed E-state index contributed by atoms with van der Waals surface area (Å²) in [6.07, 6.45) is 0. The van der Waals surface area contributed by atoms with Crippen LogP contribution in [0.15, 0.2) is 29.4 Å². The van der Waals surface area contributed by atoms with E-state index in [0.717, 1.165) is 18.2 Å². The molecule has 2 N–H and O–H groups in total. The van der Waals surface area contributed by atoms with Gasteiger partial charge in [0.1, 0.15) is 0 Å². The molecule has 0 radical (unpaired) electrons. The average molecular weight is 160 g/mol. The van der Waals surface area contributed by atoms with Crippen LogP contribution in [-0.4, -0.2) is 12.6 Å². The Morgan fingerprint density at radius 1 is 1.42 bits per heavy atom. The number of benzene rings is 1. The summed E-state index contributed by atoms with van der Waals surface area (Å²) in [6.45, 7) is 1.99. The fourth-order valence-electron chi connectivity index (χ4n) is 0.877. The predicted molar refractivity (Wildman–Crippen MR) is 51.0 cm³/mol. The molecule has 0 aromatic heterocycles. The first kappa shape index (κ1) is 8.65. The Labute approximate surface area is 71.5 Å². The van der Waals surface area contributed by atoms with Crippen molar-refractivity contribution in [1.29, 1.82) is 0 Å². The van der Waals surface area contributed by atoms with Crippen LogP contribution in [0.2, 0.25) is 0 Å². The maximum absolute atomic E-state index is 9.85. The molecule has 12 heavy (non-hydrogen) atoms. The van der Waals surface area contributed by atoms with E-state index in [1.165, 1.54) is 0 Å². The summed E-state index contributed by atoms with van der Waals surface area (Å²) in [5.41, 5.74) is 7.89. The number of hydrogen-bond donors (Lipinski definition) is 1. The third-order valence-electron chi connectivity index (χ3n) is 1.58. The van der Waals surface area contributed by atoms with Crippen molar-refractivity contribution in [1.82, 2.24) is 0 Å². The number of nitrogens with zero attached hydrogens (tertiary/aromatic N) is 1. The SMILES string of the molecule is Cc1ccc(C(N)=BN=O)cc1. The zero-order chi connectivity index (χ0) is 8.97. The standard InChI is InChI=1S/C8H9BN2O/c1-6-2-4-7(5-3-6)8(10)9-11-12/h2-5H,10H2,1H3. The van der Waals surface area contributed by atoms with Crippen LogP contribution in [0.25, 0.3) is 0 Å². The van der Waals surface area contributed by atoms with Gasteiger partial charge >= 0.3 is 70.7 Å². The number of nitrogens with two attached hydrogens (primary N) is 1. The molecule has 0 atom stereocenters. The first-order chi connectivity index (χ1) is 5.74. The molecule has 1 rings (SSSR count). The van der Waals surface area contributed by atoms with Gasteiger partial charge in [-0.3, -0.25) is 0 Å². The summed E-state index contributed by atoms with van der Waals surface area (Å²) >= 11 is 0. The van der Waals surface area contributed by atoms with E-state index in [1.54, 1.807) is 0 Å². The fraction of sp³-hybridized carbons (Fsp3) is 0.125. The van der Waals surface area contributed by atoms with Crippen molar-refractivity contribution in [2.24, 2.45) is 10.8 Å². The molecule has 3 nitrogen and oxygen atoms in total. The third-order valence-corrected chi connectivity index (χ3v) is 1.58. The van der Waals surface area contributed by atoms with Crippen molar-refractivity contribution in [2.75, 3.05) is 0 Å². The first-order valence-corrected chi connectivity index (χ1v) is 3.59. The van der Waals surface area contributed by atoms with Crippen LogP contribution in [0.4, 0.5) is 0 Å². The Balaban J connectivity index is 2.97. The summed E-state index contributed by atoms with van der Waals surface area (Å²) in [6, 6.07) is 7.57. The minimum absolute atomic E-state index is 0.394. The number of aryl methyl sites for hydroxylation is 1. The van der Waals surface area contributed by atoms with Gasteiger partial charge in [0.05, 0.1) is 0 Å². The molecule has 0 aliphatic carbocycles. The average Bonchev–Trinajstić information content (AvgIpc) is 2.06. The Hall–Kier alpha value is -1.45. The number of rotatable bonds is 2. The van der Waals surface area contributed by atoms with Gasteiger partial charge in [-0.2, -0.15) is 0 Å². The van der Waals surface area contributed by atoms with Gasteiger partial charge in [0.15, 0.2) is 0 Å². The van der Waals surface area contributed by atoms with Gasteiger partial charge < -0.3 is 0 Å². The second kappa shape index (κ2) is 3.81. The summed E-state index contributed by atoms with van der Waals surface area (Å²) < 4.78 is 0. The van der Waals surface area contributed by atoms with Crippen LogP contribution >= 0.6 is 0 Å². The number of hydrogen-bond acceptors (Lipinski definition) is 3. The van der Waals surface area contributed by atoms with E-state index in [0.29, 0.717) is 5.59 Å². The van der Waals surface area contributed by atoms with Crippen molar-refractivity contribution in [3.8, 4) is 0 Å². The molecule has 0 amide bonds. The Morgan fingerprint density at radius 2 is 2.00 bits per heavy atom. The van der Waals surface area contributed by atoms with Gasteiger partial charge in [-0.05, 0) is 0 Å². The van der Waals surface area contributed by atoms with E-state index in [-0.39, 0.29) is 0 Å². The van der Waals surface area contributed by atoms with E-state index in [9.17, 15) is 4.91 Å². The second-order valence-electron chi connectivity index (χ2n) is 2.56. The third kappa shape index (κ3) is 2.02. The Morgan fingerprint density at radius 3 is 2.50 bits per heavy atom. The molecule has 0 spiro atoms. The molecule has 0 aliphatic rings. The van der Waals surface area contributed by atoms with Gasteiger partial charge in [-0.15, -0.1) is 0 Å². The van der Waals surface area contributed by atoms with Gasteiger partial charge in [0.25, 0.3) is 0 Å². The zero-order valence-electron chi connectivity index (χ0n) is 6.82. The Kier molecular flexibility index (Phi) is 2.74. The van der Waals surface area contributed by atoms with E-state index in [2.05, 4.69) is 5.09 Å². The van der Waals surface area contributed by atoms with Crippen LogP contribution in [0.3, 0.4) is 0 Å². The summed E-state index contributed by atoms with van der Waals surface area (Å²) in [4.78, 5) is 9.85. The second-order valence-corrected chi connectivity index (χ2v) is 2.56. The summed E-state index contributed by atoms with van der Waals surface area (Å²) in [7, 11) is 1.10. The molecule has 1 aromatic rings. The monoisotopic (exact) mass is 160 g/mol. The summed E-state index contributed by atoms with van der Waals surface area (Å²) in [5, 5.41) is 2.60. The van der Waals surface area contributed by atoms with Crippen LogP contribution < -0.4 is 5.73 Å². The van der Waals surface area contributed by atoms with E-state index >= 15 is 0 Å². The molecule has 4 heteroatoms. The van der Waals surface area contributed by atoms with Crippen molar-refractivity contribution in [2.45, 2.75) is 6.92 Å². The van der Waals surface area contributed by atoms with Crippen LogP contribution in [0, 0.1) is 11.8 Å². The van der Waals surface area contributed by atoms with Gasteiger partial charge in [0.2, 0.25) is 0 Å². The Bertz CT molecular complexity index is 305. The molecule has 60 valence electrons. The van der Waals surface area contributed by atoms with Crippen molar-refractivity contribution in [3.63, 3.8) is 0 Å². The van der Waals surface area contributed by atoms with Crippen molar-refractivity contribution >= 4 is 12.6 Å². The minimum atomic E-state index is 0.394. The van der Waals surface area contributed by atoms with Gasteiger partial charge in [0, 0.05) is 0 Å². The van der Waals surface area contributed by atoms with Crippen LogP contribution in [-0.2, 0) is 0 Å². The van der Waals surface area contributed by atoms with E-state index in [4.69, 9.17) is 5.73 Å². The molecule has 0 bridgehead atoms. The number of nitroso groups, excluding NO2 is 1.